The number of benzene rings is 1. The summed E-state index contributed by atoms with van der Waals surface area (Å²) in [5.41, 5.74) is 2.54. The first-order valence-corrected chi connectivity index (χ1v) is 7.36. The normalized spacial score (nSPS) is 10.9. The van der Waals surface area contributed by atoms with E-state index in [4.69, 9.17) is 11.6 Å². The van der Waals surface area contributed by atoms with Gasteiger partial charge >= 0.3 is 0 Å². The average molecular weight is 306 g/mol. The molecule has 102 valence electrons. The second kappa shape index (κ2) is 5.26. The van der Waals surface area contributed by atoms with E-state index in [1.807, 2.05) is 36.6 Å². The highest BCUT2D eigenvalue weighted by Crippen LogP contribution is 2.25. The minimum absolute atomic E-state index is 0.0994. The van der Waals surface area contributed by atoms with Crippen LogP contribution in [0.5, 0.6) is 0 Å². The number of nitrogens with one attached hydrogen (secondary N) is 2. The zero-order valence-electron chi connectivity index (χ0n) is 10.7. The van der Waals surface area contributed by atoms with Crippen LogP contribution >= 0.6 is 22.9 Å². The van der Waals surface area contributed by atoms with Gasteiger partial charge in [-0.15, -0.1) is 11.3 Å². The number of para-hydroxylation sites is 1. The Morgan fingerprint density at radius 2 is 2.25 bits per heavy atom. The molecule has 0 fully saturated rings. The van der Waals surface area contributed by atoms with Gasteiger partial charge in [-0.25, -0.2) is 4.98 Å². The van der Waals surface area contributed by atoms with Crippen LogP contribution in [0.15, 0.2) is 34.4 Å². The molecule has 0 saturated carbocycles. The Bertz CT molecular complexity index is 804. The van der Waals surface area contributed by atoms with Gasteiger partial charge in [0.15, 0.2) is 0 Å². The molecular formula is C14H12ClN3OS. The Balaban J connectivity index is 1.88. The Hall–Kier alpha value is -1.85. The van der Waals surface area contributed by atoms with Crippen LogP contribution in [-0.4, -0.2) is 9.97 Å². The lowest BCUT2D eigenvalue weighted by molar-refractivity contribution is 0.954. The van der Waals surface area contributed by atoms with Gasteiger partial charge in [0.1, 0.15) is 10.5 Å². The summed E-state index contributed by atoms with van der Waals surface area (Å²) >= 11 is 7.55. The summed E-state index contributed by atoms with van der Waals surface area (Å²) in [5.74, 6) is 0.597. The van der Waals surface area contributed by atoms with E-state index in [0.717, 1.165) is 16.8 Å². The van der Waals surface area contributed by atoms with Crippen LogP contribution in [0.2, 0.25) is 5.02 Å². The first-order chi connectivity index (χ1) is 9.65. The van der Waals surface area contributed by atoms with Crippen molar-refractivity contribution >= 4 is 38.8 Å². The molecule has 4 nitrogen and oxygen atoms in total. The van der Waals surface area contributed by atoms with Crippen molar-refractivity contribution in [2.24, 2.45) is 0 Å². The van der Waals surface area contributed by atoms with E-state index in [-0.39, 0.29) is 5.56 Å². The second-order valence-electron chi connectivity index (χ2n) is 4.43. The number of H-pyrrole nitrogens is 1. The minimum atomic E-state index is -0.0994. The van der Waals surface area contributed by atoms with Crippen LogP contribution in [0, 0.1) is 6.92 Å². The molecule has 20 heavy (non-hydrogen) atoms. The summed E-state index contributed by atoms with van der Waals surface area (Å²) in [6.07, 6.45) is 0. The first-order valence-electron chi connectivity index (χ1n) is 6.10. The van der Waals surface area contributed by atoms with E-state index >= 15 is 0 Å². The molecular weight excluding hydrogens is 294 g/mol. The van der Waals surface area contributed by atoms with E-state index in [1.54, 1.807) is 0 Å². The number of fused-ring (bicyclic) bond motifs is 1. The van der Waals surface area contributed by atoms with Gasteiger partial charge in [0.05, 0.1) is 22.8 Å². The number of nitrogens with zero attached hydrogens (tertiary/aromatic N) is 1. The summed E-state index contributed by atoms with van der Waals surface area (Å²) < 4.78 is 0.655. The lowest BCUT2D eigenvalue weighted by Gasteiger charge is -2.10. The summed E-state index contributed by atoms with van der Waals surface area (Å²) in [5, 5.41) is 5.74. The molecule has 3 rings (SSSR count). The largest absolute Gasteiger partial charge is 0.376 e. The lowest BCUT2D eigenvalue weighted by atomic mass is 10.2. The molecule has 0 aliphatic heterocycles. The van der Waals surface area contributed by atoms with E-state index in [1.165, 1.54) is 11.3 Å². The lowest BCUT2D eigenvalue weighted by Crippen LogP contribution is -2.13. The number of hydrogen-bond donors (Lipinski definition) is 2. The SMILES string of the molecule is Cc1cccc(Cl)c1NCc1nc2ccsc2c(=O)[nH]1. The third-order valence-electron chi connectivity index (χ3n) is 3.02. The fraction of sp³-hybridized carbons (Fsp3) is 0.143. The fourth-order valence-corrected chi connectivity index (χ4v) is 3.05. The van der Waals surface area contributed by atoms with E-state index < -0.39 is 0 Å². The highest BCUT2D eigenvalue weighted by molar-refractivity contribution is 7.17. The number of aromatic nitrogens is 2. The molecule has 0 amide bonds. The molecule has 0 bridgehead atoms. The van der Waals surface area contributed by atoms with E-state index in [9.17, 15) is 4.79 Å². The number of anilines is 1. The van der Waals surface area contributed by atoms with Gasteiger partial charge in [0.25, 0.3) is 5.56 Å². The Morgan fingerprint density at radius 3 is 3.05 bits per heavy atom. The van der Waals surface area contributed by atoms with Gasteiger partial charge in [-0.05, 0) is 30.0 Å². The van der Waals surface area contributed by atoms with Crippen LogP contribution in [0.25, 0.3) is 10.2 Å². The van der Waals surface area contributed by atoms with Crippen LogP contribution in [-0.2, 0) is 6.54 Å². The fourth-order valence-electron chi connectivity index (χ4n) is 2.03. The summed E-state index contributed by atoms with van der Waals surface area (Å²) in [6, 6.07) is 7.56. The zero-order valence-corrected chi connectivity index (χ0v) is 12.3. The highest BCUT2D eigenvalue weighted by Gasteiger charge is 2.07. The summed E-state index contributed by atoms with van der Waals surface area (Å²) in [4.78, 5) is 19.1. The third-order valence-corrected chi connectivity index (χ3v) is 4.24. The minimum Gasteiger partial charge on any atom is -0.376 e. The maximum Gasteiger partial charge on any atom is 0.268 e. The Morgan fingerprint density at radius 1 is 1.40 bits per heavy atom. The van der Waals surface area contributed by atoms with Crippen LogP contribution in [0.3, 0.4) is 0 Å². The number of hydrogen-bond acceptors (Lipinski definition) is 4. The van der Waals surface area contributed by atoms with Crippen molar-refractivity contribution in [2.45, 2.75) is 13.5 Å². The van der Waals surface area contributed by atoms with Crippen molar-refractivity contribution in [2.75, 3.05) is 5.32 Å². The van der Waals surface area contributed by atoms with Crippen molar-refractivity contribution in [1.29, 1.82) is 0 Å². The van der Waals surface area contributed by atoms with Crippen LogP contribution < -0.4 is 10.9 Å². The van der Waals surface area contributed by atoms with Crippen LogP contribution in [0.1, 0.15) is 11.4 Å². The average Bonchev–Trinajstić information content (AvgIpc) is 2.87. The molecule has 0 saturated heterocycles. The molecule has 6 heteroatoms. The molecule has 2 aromatic heterocycles. The second-order valence-corrected chi connectivity index (χ2v) is 5.76. The monoisotopic (exact) mass is 305 g/mol. The van der Waals surface area contributed by atoms with Crippen molar-refractivity contribution in [3.63, 3.8) is 0 Å². The van der Waals surface area contributed by atoms with Gasteiger partial charge < -0.3 is 10.3 Å². The smallest absolute Gasteiger partial charge is 0.268 e. The van der Waals surface area contributed by atoms with Gasteiger partial charge in [-0.2, -0.15) is 0 Å². The molecule has 0 spiro atoms. The molecule has 0 radical (unpaired) electrons. The third kappa shape index (κ3) is 2.42. The maximum atomic E-state index is 11.9. The molecule has 2 heterocycles. The van der Waals surface area contributed by atoms with Gasteiger partial charge in [0.2, 0.25) is 0 Å². The number of rotatable bonds is 3. The molecule has 3 aromatic rings. The molecule has 0 aliphatic carbocycles. The van der Waals surface area contributed by atoms with Crippen molar-refractivity contribution in [3.05, 3.63) is 56.4 Å². The van der Waals surface area contributed by atoms with Gasteiger partial charge in [0, 0.05) is 0 Å². The molecule has 0 aliphatic rings. The van der Waals surface area contributed by atoms with Crippen molar-refractivity contribution in [3.8, 4) is 0 Å². The zero-order chi connectivity index (χ0) is 14.1. The quantitative estimate of drug-likeness (QED) is 0.778. The summed E-state index contributed by atoms with van der Waals surface area (Å²) in [6.45, 7) is 2.40. The predicted molar refractivity (Wildman–Crippen MR) is 83.8 cm³/mol. The van der Waals surface area contributed by atoms with E-state index in [0.29, 0.717) is 22.1 Å². The number of thiophene rings is 1. The van der Waals surface area contributed by atoms with Crippen molar-refractivity contribution < 1.29 is 0 Å². The number of halogens is 1. The topological polar surface area (TPSA) is 57.8 Å². The molecule has 0 unspecified atom stereocenters. The summed E-state index contributed by atoms with van der Waals surface area (Å²) in [7, 11) is 0. The van der Waals surface area contributed by atoms with Gasteiger partial charge in [-0.3, -0.25) is 4.79 Å². The van der Waals surface area contributed by atoms with E-state index in [2.05, 4.69) is 15.3 Å². The Kier molecular flexibility index (Phi) is 3.46. The van der Waals surface area contributed by atoms with Crippen molar-refractivity contribution in [1.82, 2.24) is 9.97 Å². The first kappa shape index (κ1) is 13.1. The standard InChI is InChI=1S/C14H12ClN3OS/c1-8-3-2-4-9(15)12(8)16-7-11-17-10-5-6-20-13(10)14(19)18-11/h2-6,16H,7H2,1H3,(H,17,18,19). The molecule has 0 atom stereocenters. The number of aryl methyl sites for hydroxylation is 1. The highest BCUT2D eigenvalue weighted by atomic mass is 35.5. The van der Waals surface area contributed by atoms with Crippen LogP contribution in [0.4, 0.5) is 5.69 Å². The molecule has 1 aromatic carbocycles. The molecule has 2 N–H and O–H groups in total. The Labute approximate surface area is 124 Å². The number of aromatic amines is 1. The van der Waals surface area contributed by atoms with Gasteiger partial charge in [-0.1, -0.05) is 23.7 Å². The maximum absolute atomic E-state index is 11.9. The predicted octanol–water partition coefficient (Wildman–Crippen LogP) is 3.56.